The minimum absolute atomic E-state index is 0.173. The summed E-state index contributed by atoms with van der Waals surface area (Å²) in [6.07, 6.45) is 2.35. The SMILES string of the molecule is COC(c1ccccc1)c1nc2c(s1)CCCC2=O. The maximum absolute atomic E-state index is 11.8. The van der Waals surface area contributed by atoms with Gasteiger partial charge in [0, 0.05) is 18.4 Å². The first-order valence-electron chi connectivity index (χ1n) is 6.40. The second-order valence-electron chi connectivity index (χ2n) is 4.63. The number of ether oxygens (including phenoxy) is 1. The third-order valence-electron chi connectivity index (χ3n) is 3.35. The molecule has 98 valence electrons. The number of rotatable bonds is 3. The number of aromatic nitrogens is 1. The van der Waals surface area contributed by atoms with Crippen LogP contribution in [-0.2, 0) is 11.2 Å². The second kappa shape index (κ2) is 5.23. The molecule has 1 aliphatic rings. The van der Waals surface area contributed by atoms with Crippen LogP contribution in [0.5, 0.6) is 0 Å². The molecule has 3 rings (SSSR count). The molecule has 0 aliphatic heterocycles. The molecule has 0 saturated carbocycles. The standard InChI is InChI=1S/C15H15NO2S/c1-18-14(10-6-3-2-4-7-10)15-16-13-11(17)8-5-9-12(13)19-15/h2-4,6-7,14H,5,8-9H2,1H3. The molecule has 1 heterocycles. The molecule has 3 nitrogen and oxygen atoms in total. The van der Waals surface area contributed by atoms with Gasteiger partial charge in [-0.3, -0.25) is 4.79 Å². The van der Waals surface area contributed by atoms with E-state index in [1.807, 2.05) is 30.3 Å². The van der Waals surface area contributed by atoms with Crippen LogP contribution in [0.15, 0.2) is 30.3 Å². The normalized spacial score (nSPS) is 16.2. The van der Waals surface area contributed by atoms with Crippen LogP contribution in [0, 0.1) is 0 Å². The average molecular weight is 273 g/mol. The first-order valence-corrected chi connectivity index (χ1v) is 7.22. The Kier molecular flexibility index (Phi) is 3.44. The molecular weight excluding hydrogens is 258 g/mol. The molecule has 1 aromatic carbocycles. The second-order valence-corrected chi connectivity index (χ2v) is 5.74. The van der Waals surface area contributed by atoms with Crippen molar-refractivity contribution in [3.8, 4) is 0 Å². The van der Waals surface area contributed by atoms with Gasteiger partial charge in [-0.1, -0.05) is 30.3 Å². The van der Waals surface area contributed by atoms with Gasteiger partial charge in [-0.2, -0.15) is 0 Å². The lowest BCUT2D eigenvalue weighted by Gasteiger charge is -2.12. The van der Waals surface area contributed by atoms with E-state index in [0.717, 1.165) is 28.3 Å². The molecule has 0 saturated heterocycles. The molecule has 0 radical (unpaired) electrons. The molecule has 4 heteroatoms. The number of ketones is 1. The van der Waals surface area contributed by atoms with Crippen molar-refractivity contribution in [2.24, 2.45) is 0 Å². The van der Waals surface area contributed by atoms with Crippen LogP contribution in [0.25, 0.3) is 0 Å². The van der Waals surface area contributed by atoms with Crippen molar-refractivity contribution in [1.82, 2.24) is 4.98 Å². The Morgan fingerprint density at radius 3 is 2.74 bits per heavy atom. The monoisotopic (exact) mass is 273 g/mol. The van der Waals surface area contributed by atoms with Crippen LogP contribution >= 0.6 is 11.3 Å². The summed E-state index contributed by atoms with van der Waals surface area (Å²) in [5, 5.41) is 0.883. The van der Waals surface area contributed by atoms with E-state index in [4.69, 9.17) is 4.74 Å². The molecule has 19 heavy (non-hydrogen) atoms. The van der Waals surface area contributed by atoms with Crippen LogP contribution in [0.1, 0.15) is 44.9 Å². The smallest absolute Gasteiger partial charge is 0.182 e. The van der Waals surface area contributed by atoms with Gasteiger partial charge in [0.05, 0.1) is 0 Å². The molecule has 1 unspecified atom stereocenters. The van der Waals surface area contributed by atoms with E-state index in [-0.39, 0.29) is 11.9 Å². The Morgan fingerprint density at radius 1 is 1.26 bits per heavy atom. The van der Waals surface area contributed by atoms with Crippen LogP contribution in [0.3, 0.4) is 0 Å². The van der Waals surface area contributed by atoms with Crippen LogP contribution in [0.4, 0.5) is 0 Å². The Morgan fingerprint density at radius 2 is 2.05 bits per heavy atom. The fraction of sp³-hybridized carbons (Fsp3) is 0.333. The summed E-state index contributed by atoms with van der Waals surface area (Å²) in [5.74, 6) is 0.173. The summed E-state index contributed by atoms with van der Waals surface area (Å²) in [6, 6.07) is 10.00. The Labute approximate surface area is 116 Å². The molecule has 0 spiro atoms. The molecule has 1 atom stereocenters. The Bertz CT molecular complexity index is 591. The van der Waals surface area contributed by atoms with Gasteiger partial charge in [0.2, 0.25) is 0 Å². The van der Waals surface area contributed by atoms with Crippen molar-refractivity contribution in [3.05, 3.63) is 51.5 Å². The van der Waals surface area contributed by atoms with Crippen molar-refractivity contribution in [1.29, 1.82) is 0 Å². The van der Waals surface area contributed by atoms with Crippen molar-refractivity contribution in [2.45, 2.75) is 25.4 Å². The number of hydrogen-bond acceptors (Lipinski definition) is 4. The maximum atomic E-state index is 11.8. The number of benzene rings is 1. The van der Waals surface area contributed by atoms with Gasteiger partial charge in [0.25, 0.3) is 0 Å². The van der Waals surface area contributed by atoms with Gasteiger partial charge in [-0.25, -0.2) is 4.98 Å². The average Bonchev–Trinajstić information content (AvgIpc) is 2.86. The topological polar surface area (TPSA) is 39.2 Å². The summed E-state index contributed by atoms with van der Waals surface area (Å²) in [5.41, 5.74) is 1.74. The van der Waals surface area contributed by atoms with Crippen LogP contribution < -0.4 is 0 Å². The Balaban J connectivity index is 1.99. The summed E-state index contributed by atoms with van der Waals surface area (Å²) in [7, 11) is 1.68. The number of thiazole rings is 1. The van der Waals surface area contributed by atoms with Gasteiger partial charge in [-0.15, -0.1) is 11.3 Å². The Hall–Kier alpha value is -1.52. The lowest BCUT2D eigenvalue weighted by atomic mass is 10.0. The van der Waals surface area contributed by atoms with Crippen LogP contribution in [0.2, 0.25) is 0 Å². The number of Topliss-reactive ketones (excluding diaryl/α,β-unsaturated/α-hetero) is 1. The largest absolute Gasteiger partial charge is 0.370 e. The first kappa shape index (κ1) is 12.5. The number of methoxy groups -OCH3 is 1. The fourth-order valence-electron chi connectivity index (χ4n) is 2.40. The highest BCUT2D eigenvalue weighted by molar-refractivity contribution is 7.12. The molecule has 1 aromatic heterocycles. The van der Waals surface area contributed by atoms with Gasteiger partial charge in [0.1, 0.15) is 16.8 Å². The highest BCUT2D eigenvalue weighted by Gasteiger charge is 2.26. The number of nitrogens with zero attached hydrogens (tertiary/aromatic N) is 1. The minimum Gasteiger partial charge on any atom is -0.370 e. The molecule has 2 aromatic rings. The quantitative estimate of drug-likeness (QED) is 0.860. The van der Waals surface area contributed by atoms with Crippen molar-refractivity contribution in [3.63, 3.8) is 0 Å². The predicted molar refractivity (Wildman–Crippen MR) is 74.7 cm³/mol. The third kappa shape index (κ3) is 2.33. The molecule has 0 amide bonds. The summed E-state index contributed by atoms with van der Waals surface area (Å²) in [4.78, 5) is 17.5. The van der Waals surface area contributed by atoms with E-state index in [1.54, 1.807) is 18.4 Å². The number of hydrogen-bond donors (Lipinski definition) is 0. The number of fused-ring (bicyclic) bond motifs is 1. The van der Waals surface area contributed by atoms with E-state index >= 15 is 0 Å². The minimum atomic E-state index is -0.176. The third-order valence-corrected chi connectivity index (χ3v) is 4.51. The van der Waals surface area contributed by atoms with E-state index in [0.29, 0.717) is 12.1 Å². The highest BCUT2D eigenvalue weighted by atomic mass is 32.1. The van der Waals surface area contributed by atoms with E-state index in [1.165, 1.54) is 0 Å². The van der Waals surface area contributed by atoms with E-state index < -0.39 is 0 Å². The summed E-state index contributed by atoms with van der Waals surface area (Å²) < 4.78 is 5.57. The van der Waals surface area contributed by atoms with E-state index in [9.17, 15) is 4.79 Å². The lowest BCUT2D eigenvalue weighted by molar-refractivity contribution is 0.0967. The summed E-state index contributed by atoms with van der Waals surface area (Å²) in [6.45, 7) is 0. The molecule has 1 aliphatic carbocycles. The summed E-state index contributed by atoms with van der Waals surface area (Å²) >= 11 is 1.61. The number of carbonyl (C=O) groups is 1. The number of aryl methyl sites for hydroxylation is 1. The first-order chi connectivity index (χ1) is 9.29. The van der Waals surface area contributed by atoms with Crippen molar-refractivity contribution >= 4 is 17.1 Å². The zero-order valence-electron chi connectivity index (χ0n) is 10.8. The van der Waals surface area contributed by atoms with Gasteiger partial charge >= 0.3 is 0 Å². The van der Waals surface area contributed by atoms with Gasteiger partial charge in [-0.05, 0) is 18.4 Å². The molecular formula is C15H15NO2S. The lowest BCUT2D eigenvalue weighted by Crippen LogP contribution is -2.09. The molecule has 0 N–H and O–H groups in total. The number of carbonyl (C=O) groups excluding carboxylic acids is 1. The van der Waals surface area contributed by atoms with E-state index in [2.05, 4.69) is 4.98 Å². The highest BCUT2D eigenvalue weighted by Crippen LogP contribution is 2.33. The predicted octanol–water partition coefficient (Wildman–Crippen LogP) is 3.40. The zero-order chi connectivity index (χ0) is 13.2. The van der Waals surface area contributed by atoms with Crippen molar-refractivity contribution < 1.29 is 9.53 Å². The van der Waals surface area contributed by atoms with Crippen molar-refractivity contribution in [2.75, 3.05) is 7.11 Å². The molecule has 0 bridgehead atoms. The van der Waals surface area contributed by atoms with Crippen LogP contribution in [-0.4, -0.2) is 17.9 Å². The van der Waals surface area contributed by atoms with Gasteiger partial charge in [0.15, 0.2) is 5.78 Å². The molecule has 0 fully saturated rings. The zero-order valence-corrected chi connectivity index (χ0v) is 11.6. The van der Waals surface area contributed by atoms with Gasteiger partial charge < -0.3 is 4.74 Å². The maximum Gasteiger partial charge on any atom is 0.182 e. The fourth-order valence-corrected chi connectivity index (χ4v) is 3.64.